The fourth-order valence-corrected chi connectivity index (χ4v) is 3.50. The number of hydrogen-bond acceptors (Lipinski definition) is 3. The SMILES string of the molecule is O=C(O)CC1(Cc2nc3cc(F)cc(Cl)c3o2)CCCC1. The number of rotatable bonds is 4. The van der Waals surface area contributed by atoms with E-state index in [1.54, 1.807) is 0 Å². The molecule has 112 valence electrons. The van der Waals surface area contributed by atoms with Crippen LogP contribution in [0.4, 0.5) is 4.39 Å². The van der Waals surface area contributed by atoms with Crippen molar-refractivity contribution in [2.45, 2.75) is 38.5 Å². The maximum atomic E-state index is 13.3. The highest BCUT2D eigenvalue weighted by Crippen LogP contribution is 2.44. The summed E-state index contributed by atoms with van der Waals surface area (Å²) in [6, 6.07) is 2.45. The zero-order valence-electron chi connectivity index (χ0n) is 11.4. The van der Waals surface area contributed by atoms with E-state index in [9.17, 15) is 9.18 Å². The van der Waals surface area contributed by atoms with E-state index in [-0.39, 0.29) is 16.9 Å². The van der Waals surface area contributed by atoms with Gasteiger partial charge in [-0.3, -0.25) is 4.79 Å². The van der Waals surface area contributed by atoms with E-state index in [1.807, 2.05) is 0 Å². The number of oxazole rings is 1. The van der Waals surface area contributed by atoms with Crippen LogP contribution in [0, 0.1) is 11.2 Å². The zero-order chi connectivity index (χ0) is 15.0. The normalized spacial score (nSPS) is 17.4. The van der Waals surface area contributed by atoms with Gasteiger partial charge in [0.2, 0.25) is 0 Å². The van der Waals surface area contributed by atoms with Crippen molar-refractivity contribution in [1.29, 1.82) is 0 Å². The van der Waals surface area contributed by atoms with E-state index in [0.29, 0.717) is 23.4 Å². The Morgan fingerprint density at radius 2 is 2.14 bits per heavy atom. The molecule has 1 fully saturated rings. The summed E-state index contributed by atoms with van der Waals surface area (Å²) in [5, 5.41) is 9.30. The Kier molecular flexibility index (Phi) is 3.61. The average Bonchev–Trinajstić information content (AvgIpc) is 2.95. The summed E-state index contributed by atoms with van der Waals surface area (Å²) in [5.74, 6) is -0.841. The first-order chi connectivity index (χ1) is 9.97. The van der Waals surface area contributed by atoms with E-state index in [0.717, 1.165) is 25.7 Å². The highest BCUT2D eigenvalue weighted by Gasteiger charge is 2.37. The van der Waals surface area contributed by atoms with Crippen LogP contribution in [0.15, 0.2) is 16.5 Å². The van der Waals surface area contributed by atoms with Gasteiger partial charge in [0.05, 0.1) is 11.4 Å². The lowest BCUT2D eigenvalue weighted by atomic mass is 9.79. The largest absolute Gasteiger partial charge is 0.481 e. The summed E-state index contributed by atoms with van der Waals surface area (Å²) in [6.07, 6.45) is 4.28. The summed E-state index contributed by atoms with van der Waals surface area (Å²) in [7, 11) is 0. The topological polar surface area (TPSA) is 63.3 Å². The monoisotopic (exact) mass is 311 g/mol. The summed E-state index contributed by atoms with van der Waals surface area (Å²) in [5.41, 5.74) is 0.424. The van der Waals surface area contributed by atoms with E-state index >= 15 is 0 Å². The molecule has 1 aromatic carbocycles. The van der Waals surface area contributed by atoms with Gasteiger partial charge < -0.3 is 9.52 Å². The summed E-state index contributed by atoms with van der Waals surface area (Å²) < 4.78 is 18.9. The number of carbonyl (C=O) groups is 1. The van der Waals surface area contributed by atoms with Crippen LogP contribution in [0.1, 0.15) is 38.0 Å². The van der Waals surface area contributed by atoms with E-state index in [2.05, 4.69) is 4.98 Å². The van der Waals surface area contributed by atoms with Crippen LogP contribution in [0.5, 0.6) is 0 Å². The quantitative estimate of drug-likeness (QED) is 0.919. The molecule has 1 heterocycles. The molecule has 0 aliphatic heterocycles. The summed E-state index contributed by atoms with van der Waals surface area (Å²) >= 11 is 5.94. The van der Waals surface area contributed by atoms with E-state index in [4.69, 9.17) is 21.1 Å². The third kappa shape index (κ3) is 2.88. The Morgan fingerprint density at radius 1 is 1.43 bits per heavy atom. The minimum absolute atomic E-state index is 0.105. The number of benzene rings is 1. The molecule has 1 saturated carbocycles. The molecular formula is C15H15ClFNO3. The number of fused-ring (bicyclic) bond motifs is 1. The molecule has 0 unspecified atom stereocenters. The van der Waals surface area contributed by atoms with Crippen LogP contribution in [-0.2, 0) is 11.2 Å². The van der Waals surface area contributed by atoms with Crippen LogP contribution in [-0.4, -0.2) is 16.1 Å². The molecule has 1 aliphatic rings. The molecule has 6 heteroatoms. The molecule has 0 bridgehead atoms. The smallest absolute Gasteiger partial charge is 0.303 e. The third-order valence-corrected chi connectivity index (χ3v) is 4.45. The average molecular weight is 312 g/mol. The van der Waals surface area contributed by atoms with Gasteiger partial charge in [-0.05, 0) is 24.3 Å². The predicted molar refractivity (Wildman–Crippen MR) is 75.8 cm³/mol. The van der Waals surface area contributed by atoms with Crippen molar-refractivity contribution in [3.05, 3.63) is 28.9 Å². The molecule has 0 atom stereocenters. The number of aliphatic carboxylic acids is 1. The molecule has 0 amide bonds. The molecule has 1 aromatic heterocycles. The Bertz CT molecular complexity index is 692. The molecule has 1 aliphatic carbocycles. The van der Waals surface area contributed by atoms with Gasteiger partial charge in [-0.1, -0.05) is 24.4 Å². The lowest BCUT2D eigenvalue weighted by molar-refractivity contribution is -0.139. The second kappa shape index (κ2) is 5.30. The van der Waals surface area contributed by atoms with Gasteiger partial charge in [-0.15, -0.1) is 0 Å². The first-order valence-electron chi connectivity index (χ1n) is 6.94. The van der Waals surface area contributed by atoms with Crippen molar-refractivity contribution in [2.75, 3.05) is 0 Å². The molecule has 1 N–H and O–H groups in total. The highest BCUT2D eigenvalue weighted by atomic mass is 35.5. The lowest BCUT2D eigenvalue weighted by Gasteiger charge is -2.25. The van der Waals surface area contributed by atoms with Gasteiger partial charge in [0.1, 0.15) is 11.3 Å². The van der Waals surface area contributed by atoms with Gasteiger partial charge in [0.15, 0.2) is 11.5 Å². The van der Waals surface area contributed by atoms with Crippen molar-refractivity contribution in [3.8, 4) is 0 Å². The second-order valence-electron chi connectivity index (χ2n) is 5.80. The number of hydrogen-bond donors (Lipinski definition) is 1. The highest BCUT2D eigenvalue weighted by molar-refractivity contribution is 6.34. The molecular weight excluding hydrogens is 297 g/mol. The number of nitrogens with zero attached hydrogens (tertiary/aromatic N) is 1. The number of carboxylic acids is 1. The molecule has 21 heavy (non-hydrogen) atoms. The zero-order valence-corrected chi connectivity index (χ0v) is 12.1. The number of carboxylic acid groups (broad SMARTS) is 1. The number of halogens is 2. The fourth-order valence-electron chi connectivity index (χ4n) is 3.26. The van der Waals surface area contributed by atoms with Crippen LogP contribution in [0.25, 0.3) is 11.1 Å². The van der Waals surface area contributed by atoms with Crippen molar-refractivity contribution in [3.63, 3.8) is 0 Å². The molecule has 0 saturated heterocycles. The molecule has 4 nitrogen and oxygen atoms in total. The Morgan fingerprint density at radius 3 is 2.81 bits per heavy atom. The lowest BCUT2D eigenvalue weighted by Crippen LogP contribution is -2.23. The minimum atomic E-state index is -0.808. The maximum Gasteiger partial charge on any atom is 0.303 e. The molecule has 3 rings (SSSR count). The Balaban J connectivity index is 1.93. The molecule has 0 radical (unpaired) electrons. The van der Waals surface area contributed by atoms with Crippen molar-refractivity contribution in [1.82, 2.24) is 4.98 Å². The maximum absolute atomic E-state index is 13.3. The molecule has 2 aromatic rings. The Labute approximate surface area is 125 Å². The first kappa shape index (κ1) is 14.3. The van der Waals surface area contributed by atoms with Crippen LogP contribution in [0.3, 0.4) is 0 Å². The van der Waals surface area contributed by atoms with Gasteiger partial charge in [-0.25, -0.2) is 9.37 Å². The van der Waals surface area contributed by atoms with Crippen LogP contribution >= 0.6 is 11.6 Å². The second-order valence-corrected chi connectivity index (χ2v) is 6.21. The van der Waals surface area contributed by atoms with Gasteiger partial charge in [-0.2, -0.15) is 0 Å². The van der Waals surface area contributed by atoms with E-state index in [1.165, 1.54) is 12.1 Å². The first-order valence-corrected chi connectivity index (χ1v) is 7.32. The summed E-state index contributed by atoms with van der Waals surface area (Å²) in [6.45, 7) is 0. The van der Waals surface area contributed by atoms with Crippen molar-refractivity contribution in [2.24, 2.45) is 5.41 Å². The fraction of sp³-hybridized carbons (Fsp3) is 0.467. The van der Waals surface area contributed by atoms with Crippen molar-refractivity contribution < 1.29 is 18.7 Å². The Hall–Kier alpha value is -1.62. The summed E-state index contributed by atoms with van der Waals surface area (Å²) in [4.78, 5) is 15.4. The van der Waals surface area contributed by atoms with E-state index < -0.39 is 11.8 Å². The standard InChI is InChI=1S/C15H15ClFNO3/c16-10-5-9(17)6-11-14(10)21-12(18-11)7-15(8-13(19)20)3-1-2-4-15/h5-6H,1-4,7-8H2,(H,19,20). The molecule has 0 spiro atoms. The predicted octanol–water partition coefficient (Wildman–Crippen LogP) is 4.20. The van der Waals surface area contributed by atoms with Gasteiger partial charge >= 0.3 is 5.97 Å². The van der Waals surface area contributed by atoms with Crippen LogP contribution < -0.4 is 0 Å². The van der Waals surface area contributed by atoms with Gasteiger partial charge in [0, 0.05) is 12.5 Å². The van der Waals surface area contributed by atoms with Gasteiger partial charge in [0.25, 0.3) is 0 Å². The number of aromatic nitrogens is 1. The third-order valence-electron chi connectivity index (χ3n) is 4.17. The van der Waals surface area contributed by atoms with Crippen molar-refractivity contribution >= 4 is 28.7 Å². The minimum Gasteiger partial charge on any atom is -0.481 e. The van der Waals surface area contributed by atoms with Crippen LogP contribution in [0.2, 0.25) is 5.02 Å².